The van der Waals surface area contributed by atoms with Gasteiger partial charge in [-0.3, -0.25) is 5.43 Å². The fourth-order valence-corrected chi connectivity index (χ4v) is 1.86. The van der Waals surface area contributed by atoms with Crippen LogP contribution in [0, 0.1) is 0 Å². The van der Waals surface area contributed by atoms with Gasteiger partial charge in [0, 0.05) is 0 Å². The Morgan fingerprint density at radius 1 is 1.09 bits per heavy atom. The molecule has 0 atom stereocenters. The quantitative estimate of drug-likeness (QED) is 0.332. The van der Waals surface area contributed by atoms with Crippen molar-refractivity contribution in [1.29, 1.82) is 0 Å². The monoisotopic (exact) mass is 312 g/mol. The summed E-state index contributed by atoms with van der Waals surface area (Å²) in [7, 11) is 1.60. The van der Waals surface area contributed by atoms with Crippen LogP contribution in [-0.4, -0.2) is 26.5 Å². The first-order valence-corrected chi connectivity index (χ1v) is 7.21. The number of hydrogen-bond donors (Lipinski definition) is 1. The zero-order valence-electron chi connectivity index (χ0n) is 13.1. The topological polar surface area (TPSA) is 52.1 Å². The van der Waals surface area contributed by atoms with E-state index in [9.17, 15) is 0 Å². The van der Waals surface area contributed by atoms with Gasteiger partial charge >= 0.3 is 0 Å². The van der Waals surface area contributed by atoms with Crippen LogP contribution in [0.1, 0.15) is 5.56 Å². The number of anilines is 1. The molecule has 5 heteroatoms. The molecule has 0 fully saturated rings. The van der Waals surface area contributed by atoms with E-state index in [1.807, 2.05) is 48.5 Å². The number of nitrogens with zero attached hydrogens (tertiary/aromatic N) is 1. The van der Waals surface area contributed by atoms with Crippen LogP contribution in [0.25, 0.3) is 0 Å². The minimum absolute atomic E-state index is 0.422. The molecule has 0 heterocycles. The summed E-state index contributed by atoms with van der Waals surface area (Å²) in [6.07, 6.45) is 3.11. The van der Waals surface area contributed by atoms with E-state index in [2.05, 4.69) is 17.1 Å². The van der Waals surface area contributed by atoms with Crippen molar-refractivity contribution in [2.45, 2.75) is 0 Å². The van der Waals surface area contributed by atoms with Crippen LogP contribution in [0.5, 0.6) is 11.5 Å². The number of benzene rings is 2. The van der Waals surface area contributed by atoms with Gasteiger partial charge in [0.1, 0.15) is 13.2 Å². The predicted octanol–water partition coefficient (Wildman–Crippen LogP) is 3.68. The zero-order chi connectivity index (χ0) is 16.3. The number of nitrogens with one attached hydrogen (secondary N) is 1. The summed E-state index contributed by atoms with van der Waals surface area (Å²) in [5.74, 6) is 1.31. The van der Waals surface area contributed by atoms with Crippen molar-refractivity contribution in [2.75, 3.05) is 25.7 Å². The van der Waals surface area contributed by atoms with Gasteiger partial charge in [0.25, 0.3) is 0 Å². The third-order valence-corrected chi connectivity index (χ3v) is 2.95. The zero-order valence-corrected chi connectivity index (χ0v) is 13.1. The van der Waals surface area contributed by atoms with Crippen molar-refractivity contribution in [1.82, 2.24) is 0 Å². The summed E-state index contributed by atoms with van der Waals surface area (Å²) in [5, 5.41) is 4.20. The Labute approximate surface area is 136 Å². The molecule has 120 valence electrons. The highest BCUT2D eigenvalue weighted by molar-refractivity contribution is 5.81. The average Bonchev–Trinajstić information content (AvgIpc) is 2.60. The molecule has 0 saturated carbocycles. The van der Waals surface area contributed by atoms with Gasteiger partial charge in [0.2, 0.25) is 0 Å². The standard InChI is InChI=1S/C18H20N2O3/c1-3-22-11-12-23-17-10-9-15(13-18(17)21-2)14-19-20-16-7-5-4-6-8-16/h3-10,13-14,20H,1,11-12H2,2H3. The first-order valence-electron chi connectivity index (χ1n) is 7.21. The maximum absolute atomic E-state index is 5.60. The molecule has 5 nitrogen and oxygen atoms in total. The van der Waals surface area contributed by atoms with Crippen LogP contribution in [0.4, 0.5) is 5.69 Å². The second-order valence-electron chi connectivity index (χ2n) is 4.53. The molecule has 0 amide bonds. The molecule has 0 aliphatic carbocycles. The van der Waals surface area contributed by atoms with Crippen LogP contribution in [-0.2, 0) is 4.74 Å². The minimum Gasteiger partial charge on any atom is -0.498 e. The number of rotatable bonds is 9. The van der Waals surface area contributed by atoms with E-state index in [1.165, 1.54) is 6.26 Å². The average molecular weight is 312 g/mol. The van der Waals surface area contributed by atoms with Gasteiger partial charge in [-0.25, -0.2) is 0 Å². The summed E-state index contributed by atoms with van der Waals surface area (Å²) in [6, 6.07) is 15.4. The van der Waals surface area contributed by atoms with Gasteiger partial charge in [0.15, 0.2) is 11.5 Å². The molecule has 2 aromatic carbocycles. The normalized spacial score (nSPS) is 10.3. The lowest BCUT2D eigenvalue weighted by Crippen LogP contribution is -2.05. The molecule has 1 N–H and O–H groups in total. The van der Waals surface area contributed by atoms with Crippen LogP contribution >= 0.6 is 0 Å². The largest absolute Gasteiger partial charge is 0.498 e. The van der Waals surface area contributed by atoms with Crippen molar-refractivity contribution >= 4 is 11.9 Å². The van der Waals surface area contributed by atoms with Crippen LogP contribution in [0.15, 0.2) is 66.5 Å². The van der Waals surface area contributed by atoms with E-state index in [-0.39, 0.29) is 0 Å². The first-order chi connectivity index (χ1) is 11.3. The number of methoxy groups -OCH3 is 1. The molecule has 2 rings (SSSR count). The van der Waals surface area contributed by atoms with E-state index in [0.29, 0.717) is 24.7 Å². The van der Waals surface area contributed by atoms with E-state index in [1.54, 1.807) is 13.3 Å². The molecule has 0 saturated heterocycles. The smallest absolute Gasteiger partial charge is 0.161 e. The SMILES string of the molecule is C=COCCOc1ccc(C=NNc2ccccc2)cc1OC. The minimum atomic E-state index is 0.422. The molecule has 0 spiro atoms. The molecule has 0 aliphatic rings. The van der Waals surface area contributed by atoms with Crippen molar-refractivity contribution in [2.24, 2.45) is 5.10 Å². The molecular weight excluding hydrogens is 292 g/mol. The first kappa shape index (κ1) is 16.4. The Morgan fingerprint density at radius 2 is 1.91 bits per heavy atom. The van der Waals surface area contributed by atoms with Gasteiger partial charge in [-0.2, -0.15) is 5.10 Å². The fraction of sp³-hybridized carbons (Fsp3) is 0.167. The fourth-order valence-electron chi connectivity index (χ4n) is 1.86. The molecule has 23 heavy (non-hydrogen) atoms. The van der Waals surface area contributed by atoms with E-state index < -0.39 is 0 Å². The number of para-hydroxylation sites is 1. The highest BCUT2D eigenvalue weighted by atomic mass is 16.5. The molecule has 0 aromatic heterocycles. The van der Waals surface area contributed by atoms with Crippen molar-refractivity contribution in [3.05, 3.63) is 66.9 Å². The Balaban J connectivity index is 1.96. The lowest BCUT2D eigenvalue weighted by Gasteiger charge is -2.11. The maximum atomic E-state index is 5.60. The third-order valence-electron chi connectivity index (χ3n) is 2.95. The molecule has 2 aromatic rings. The highest BCUT2D eigenvalue weighted by Crippen LogP contribution is 2.27. The molecule has 0 aliphatic heterocycles. The molecule has 0 bridgehead atoms. The van der Waals surface area contributed by atoms with E-state index in [0.717, 1.165) is 11.3 Å². The third kappa shape index (κ3) is 5.39. The van der Waals surface area contributed by atoms with Crippen LogP contribution in [0.2, 0.25) is 0 Å². The van der Waals surface area contributed by atoms with E-state index in [4.69, 9.17) is 14.2 Å². The summed E-state index contributed by atoms with van der Waals surface area (Å²) in [5.41, 5.74) is 4.80. The van der Waals surface area contributed by atoms with Crippen molar-refractivity contribution in [3.63, 3.8) is 0 Å². The van der Waals surface area contributed by atoms with Gasteiger partial charge in [-0.1, -0.05) is 24.8 Å². The Kier molecular flexibility index (Phi) is 6.53. The van der Waals surface area contributed by atoms with Gasteiger partial charge in [-0.15, -0.1) is 0 Å². The van der Waals surface area contributed by atoms with Gasteiger partial charge < -0.3 is 14.2 Å². The Bertz CT molecular complexity index is 642. The molecular formula is C18H20N2O3. The lowest BCUT2D eigenvalue weighted by atomic mass is 10.2. The molecule has 0 unspecified atom stereocenters. The van der Waals surface area contributed by atoms with Crippen molar-refractivity contribution in [3.8, 4) is 11.5 Å². The molecule has 0 radical (unpaired) electrons. The van der Waals surface area contributed by atoms with Gasteiger partial charge in [-0.05, 0) is 35.9 Å². The lowest BCUT2D eigenvalue weighted by molar-refractivity contribution is 0.176. The number of hydrazone groups is 1. The van der Waals surface area contributed by atoms with Gasteiger partial charge in [0.05, 0.1) is 25.3 Å². The summed E-state index contributed by atoms with van der Waals surface area (Å²) in [6.45, 7) is 4.34. The Morgan fingerprint density at radius 3 is 2.65 bits per heavy atom. The van der Waals surface area contributed by atoms with Crippen LogP contribution < -0.4 is 14.9 Å². The number of ether oxygens (including phenoxy) is 3. The summed E-state index contributed by atoms with van der Waals surface area (Å²) >= 11 is 0. The predicted molar refractivity (Wildman–Crippen MR) is 92.3 cm³/mol. The highest BCUT2D eigenvalue weighted by Gasteiger charge is 2.05. The summed E-state index contributed by atoms with van der Waals surface area (Å²) in [4.78, 5) is 0. The Hall–Kier alpha value is -2.95. The van der Waals surface area contributed by atoms with Crippen molar-refractivity contribution < 1.29 is 14.2 Å². The maximum Gasteiger partial charge on any atom is 0.161 e. The van der Waals surface area contributed by atoms with E-state index >= 15 is 0 Å². The number of hydrogen-bond acceptors (Lipinski definition) is 5. The summed E-state index contributed by atoms with van der Waals surface area (Å²) < 4.78 is 16.0. The second-order valence-corrected chi connectivity index (χ2v) is 4.53. The van der Waals surface area contributed by atoms with Crippen LogP contribution in [0.3, 0.4) is 0 Å². The second kappa shape index (κ2) is 9.15.